The van der Waals surface area contributed by atoms with Crippen molar-refractivity contribution in [1.82, 2.24) is 25.2 Å². The summed E-state index contributed by atoms with van der Waals surface area (Å²) in [6.07, 6.45) is 4.93. The van der Waals surface area contributed by atoms with Crippen LogP contribution in [0.1, 0.15) is 22.0 Å². The van der Waals surface area contributed by atoms with Crippen LogP contribution in [0.25, 0.3) is 11.0 Å². The Labute approximate surface area is 248 Å². The van der Waals surface area contributed by atoms with Crippen LogP contribution in [0, 0.1) is 5.82 Å². The molecule has 216 valence electrons. The molecule has 42 heavy (non-hydrogen) atoms. The maximum Gasteiger partial charge on any atom is 0.255 e. The van der Waals surface area contributed by atoms with Gasteiger partial charge < -0.3 is 25.1 Å². The zero-order valence-electron chi connectivity index (χ0n) is 22.6. The average molecular weight is 589 g/mol. The van der Waals surface area contributed by atoms with Crippen LogP contribution in [0.4, 0.5) is 15.9 Å². The number of anilines is 2. The Kier molecular flexibility index (Phi) is 9.28. The Morgan fingerprint density at radius 3 is 2.64 bits per heavy atom. The second-order valence-corrected chi connectivity index (χ2v) is 9.67. The third-order valence-corrected chi connectivity index (χ3v) is 6.94. The highest BCUT2D eigenvalue weighted by atomic mass is 35.5. The number of halogens is 2. The summed E-state index contributed by atoms with van der Waals surface area (Å²) >= 11 is 0. The molecule has 1 atom stereocenters. The molecule has 4 heterocycles. The molecule has 1 saturated heterocycles. The minimum Gasteiger partial charge on any atom is -0.453 e. The number of nitrogens with one attached hydrogen (secondary N) is 3. The lowest BCUT2D eigenvalue weighted by molar-refractivity contribution is 0.0332. The highest BCUT2D eigenvalue weighted by Crippen LogP contribution is 2.32. The number of H-pyrrole nitrogens is 1. The topological polar surface area (TPSA) is 104 Å². The smallest absolute Gasteiger partial charge is 0.255 e. The molecule has 1 aliphatic rings. The maximum atomic E-state index is 15.1. The first-order valence-electron chi connectivity index (χ1n) is 13.4. The second kappa shape index (κ2) is 13.4. The first kappa shape index (κ1) is 29.0. The van der Waals surface area contributed by atoms with Gasteiger partial charge in [-0.1, -0.05) is 30.3 Å². The van der Waals surface area contributed by atoms with Gasteiger partial charge in [0.05, 0.1) is 30.2 Å². The van der Waals surface area contributed by atoms with Crippen LogP contribution in [-0.2, 0) is 4.74 Å². The number of aromatic amines is 1. The fourth-order valence-electron chi connectivity index (χ4n) is 4.83. The first-order valence-corrected chi connectivity index (χ1v) is 13.4. The van der Waals surface area contributed by atoms with E-state index in [0.717, 1.165) is 24.0 Å². The molecule has 1 aliphatic heterocycles. The number of morpholine rings is 1. The van der Waals surface area contributed by atoms with Crippen LogP contribution in [-0.4, -0.2) is 58.6 Å². The zero-order valence-corrected chi connectivity index (χ0v) is 23.4. The highest BCUT2D eigenvalue weighted by molar-refractivity contribution is 5.99. The molecule has 2 aromatic carbocycles. The van der Waals surface area contributed by atoms with Gasteiger partial charge >= 0.3 is 0 Å². The van der Waals surface area contributed by atoms with Gasteiger partial charge in [0.25, 0.3) is 5.91 Å². The number of rotatable bonds is 9. The summed E-state index contributed by atoms with van der Waals surface area (Å²) in [6.45, 7) is 3.61. The van der Waals surface area contributed by atoms with Gasteiger partial charge in [-0.25, -0.2) is 14.4 Å². The third kappa shape index (κ3) is 6.68. The van der Waals surface area contributed by atoms with Crippen LogP contribution in [0.5, 0.6) is 11.5 Å². The summed E-state index contributed by atoms with van der Waals surface area (Å²) in [4.78, 5) is 27.4. The fraction of sp³-hybridized carbons (Fsp3) is 0.194. The van der Waals surface area contributed by atoms with Gasteiger partial charge in [-0.05, 0) is 42.0 Å². The lowest BCUT2D eigenvalue weighted by atomic mass is 10.1. The molecule has 0 saturated carbocycles. The van der Waals surface area contributed by atoms with E-state index < -0.39 is 5.82 Å². The Morgan fingerprint density at radius 2 is 1.83 bits per heavy atom. The van der Waals surface area contributed by atoms with Gasteiger partial charge in [-0.3, -0.25) is 9.69 Å². The number of carbonyl (C=O) groups is 1. The predicted molar refractivity (Wildman–Crippen MR) is 161 cm³/mol. The Bertz CT molecular complexity index is 1640. The zero-order chi connectivity index (χ0) is 28.0. The van der Waals surface area contributed by atoms with Crippen LogP contribution in [0.15, 0.2) is 91.4 Å². The van der Waals surface area contributed by atoms with E-state index in [1.165, 1.54) is 12.1 Å². The van der Waals surface area contributed by atoms with E-state index in [1.807, 2.05) is 36.4 Å². The Morgan fingerprint density at radius 1 is 1.00 bits per heavy atom. The lowest BCUT2D eigenvalue weighted by Crippen LogP contribution is -2.43. The number of hydrogen-bond donors (Lipinski definition) is 3. The SMILES string of the molecule is Cl.O=C(NC(CN1CCOCC1)c1ccccc1)c1cccnc1Nc1ccc(Oc2ccnc3[nH]ccc23)c(F)c1. The number of amides is 1. The summed E-state index contributed by atoms with van der Waals surface area (Å²) in [5, 5.41) is 7.03. The van der Waals surface area contributed by atoms with Crippen LogP contribution >= 0.6 is 12.4 Å². The number of aromatic nitrogens is 3. The van der Waals surface area contributed by atoms with Gasteiger partial charge in [0, 0.05) is 50.0 Å². The minimum absolute atomic E-state index is 0. The van der Waals surface area contributed by atoms with Gasteiger partial charge in [0.2, 0.25) is 0 Å². The number of hydrogen-bond acceptors (Lipinski definition) is 7. The van der Waals surface area contributed by atoms with Gasteiger partial charge in [-0.2, -0.15) is 0 Å². The predicted octanol–water partition coefficient (Wildman–Crippen LogP) is 5.86. The normalized spacial score (nSPS) is 14.1. The van der Waals surface area contributed by atoms with Crippen molar-refractivity contribution in [3.63, 3.8) is 0 Å². The van der Waals surface area contributed by atoms with Crippen molar-refractivity contribution >= 4 is 40.9 Å². The van der Waals surface area contributed by atoms with E-state index in [0.29, 0.717) is 48.2 Å². The van der Waals surface area contributed by atoms with Gasteiger partial charge in [0.15, 0.2) is 11.6 Å². The monoisotopic (exact) mass is 588 g/mol. The maximum absolute atomic E-state index is 15.1. The summed E-state index contributed by atoms with van der Waals surface area (Å²) in [5.74, 6) is 0.0319. The van der Waals surface area contributed by atoms with Gasteiger partial charge in [0.1, 0.15) is 17.2 Å². The van der Waals surface area contributed by atoms with E-state index in [1.54, 1.807) is 42.9 Å². The standard InChI is InChI=1S/C31H29FN6O3.ClH/c32-25-19-22(8-9-28(25)41-27-11-14-35-29-23(27)10-13-34-29)36-30-24(7-4-12-33-30)31(39)37-26(21-5-2-1-3-6-21)20-38-15-17-40-18-16-38;/h1-14,19,26H,15-18,20H2,(H,33,36)(H,34,35)(H,37,39);1H. The highest BCUT2D eigenvalue weighted by Gasteiger charge is 2.22. The molecule has 0 aliphatic carbocycles. The molecule has 0 bridgehead atoms. The fourth-order valence-corrected chi connectivity index (χ4v) is 4.83. The van der Waals surface area contributed by atoms with Crippen LogP contribution in [0.3, 0.4) is 0 Å². The van der Waals surface area contributed by atoms with Crippen molar-refractivity contribution < 1.29 is 18.7 Å². The molecule has 9 nitrogen and oxygen atoms in total. The minimum atomic E-state index is -0.563. The van der Waals surface area contributed by atoms with Crippen molar-refractivity contribution in [3.05, 3.63) is 108 Å². The molecule has 1 fully saturated rings. The van der Waals surface area contributed by atoms with Crippen molar-refractivity contribution in [2.24, 2.45) is 0 Å². The van der Waals surface area contributed by atoms with Crippen molar-refractivity contribution in [2.45, 2.75) is 6.04 Å². The molecule has 5 aromatic rings. The summed E-state index contributed by atoms with van der Waals surface area (Å²) in [7, 11) is 0. The molecule has 0 spiro atoms. The molecule has 1 unspecified atom stereocenters. The molecule has 3 N–H and O–H groups in total. The van der Waals surface area contributed by atoms with E-state index >= 15 is 4.39 Å². The first-order chi connectivity index (χ1) is 20.1. The number of fused-ring (bicyclic) bond motifs is 1. The largest absolute Gasteiger partial charge is 0.453 e. The summed E-state index contributed by atoms with van der Waals surface area (Å²) < 4.78 is 26.4. The van der Waals surface area contributed by atoms with E-state index in [9.17, 15) is 4.79 Å². The number of benzene rings is 2. The molecule has 11 heteroatoms. The van der Waals surface area contributed by atoms with Crippen molar-refractivity contribution in [1.29, 1.82) is 0 Å². The average Bonchev–Trinajstić information content (AvgIpc) is 3.50. The number of nitrogens with zero attached hydrogens (tertiary/aromatic N) is 3. The van der Waals surface area contributed by atoms with E-state index in [4.69, 9.17) is 9.47 Å². The number of carbonyl (C=O) groups excluding carboxylic acids is 1. The van der Waals surface area contributed by atoms with Crippen LogP contribution < -0.4 is 15.4 Å². The third-order valence-electron chi connectivity index (χ3n) is 6.94. The van der Waals surface area contributed by atoms with Crippen LogP contribution in [0.2, 0.25) is 0 Å². The molecular weight excluding hydrogens is 559 g/mol. The second-order valence-electron chi connectivity index (χ2n) is 9.67. The molecule has 3 aromatic heterocycles. The quantitative estimate of drug-likeness (QED) is 0.198. The Hall–Kier alpha value is -4.51. The van der Waals surface area contributed by atoms with Crippen molar-refractivity contribution in [3.8, 4) is 11.5 Å². The lowest BCUT2D eigenvalue weighted by Gasteiger charge is -2.31. The van der Waals surface area contributed by atoms with Gasteiger partial charge in [-0.15, -0.1) is 12.4 Å². The molecule has 0 radical (unpaired) electrons. The summed E-state index contributed by atoms with van der Waals surface area (Å²) in [5.41, 5.74) is 2.44. The number of pyridine rings is 2. The molecule has 6 rings (SSSR count). The number of ether oxygens (including phenoxy) is 2. The Balaban J connectivity index is 0.00000353. The van der Waals surface area contributed by atoms with E-state index in [2.05, 4.69) is 30.5 Å². The van der Waals surface area contributed by atoms with Crippen molar-refractivity contribution in [2.75, 3.05) is 38.2 Å². The van der Waals surface area contributed by atoms with E-state index in [-0.39, 0.29) is 30.1 Å². The molecular formula is C31H30ClFN6O3. The molecule has 1 amide bonds. The summed E-state index contributed by atoms with van der Waals surface area (Å²) in [6, 6.07) is 21.1.